The van der Waals surface area contributed by atoms with E-state index in [0.29, 0.717) is 13.1 Å². The smallest absolute Gasteiger partial charge is 0.309 e. The van der Waals surface area contributed by atoms with E-state index >= 15 is 0 Å². The molecule has 7 heteroatoms. The fourth-order valence-corrected chi connectivity index (χ4v) is 5.54. The van der Waals surface area contributed by atoms with E-state index < -0.39 is 11.8 Å². The van der Waals surface area contributed by atoms with Gasteiger partial charge in [0.2, 0.25) is 0 Å². The molecule has 2 N–H and O–H groups in total. The SMILES string of the molecule is CCCCCCCCCCSCCCCCCCCCCNC(=O)C(=O)NCCCN1CCOCC1. The van der Waals surface area contributed by atoms with Crippen LogP contribution in [0.2, 0.25) is 0 Å². The Kier molecular flexibility index (Phi) is 23.9. The van der Waals surface area contributed by atoms with Gasteiger partial charge < -0.3 is 15.4 Å². The van der Waals surface area contributed by atoms with Crippen molar-refractivity contribution in [1.29, 1.82) is 0 Å². The van der Waals surface area contributed by atoms with E-state index in [1.54, 1.807) is 0 Å². The number of morpholine rings is 1. The first kappa shape index (κ1) is 33.2. The van der Waals surface area contributed by atoms with E-state index in [-0.39, 0.29) is 0 Å². The van der Waals surface area contributed by atoms with Gasteiger partial charge in [0.1, 0.15) is 0 Å². The van der Waals surface area contributed by atoms with Crippen LogP contribution >= 0.6 is 11.8 Å². The zero-order chi connectivity index (χ0) is 25.9. The first-order valence-electron chi connectivity index (χ1n) is 15.2. The first-order chi connectivity index (χ1) is 17.7. The van der Waals surface area contributed by atoms with E-state index in [0.717, 1.165) is 52.1 Å². The molecule has 0 saturated carbocycles. The average Bonchev–Trinajstić information content (AvgIpc) is 2.90. The third-order valence-electron chi connectivity index (χ3n) is 6.89. The van der Waals surface area contributed by atoms with Crippen LogP contribution in [-0.2, 0) is 14.3 Å². The fraction of sp³-hybridized carbons (Fsp3) is 0.931. The molecule has 0 aromatic carbocycles. The van der Waals surface area contributed by atoms with Gasteiger partial charge in [0, 0.05) is 26.2 Å². The highest BCUT2D eigenvalue weighted by atomic mass is 32.2. The lowest BCUT2D eigenvalue weighted by Gasteiger charge is -2.26. The molecule has 0 atom stereocenters. The number of amides is 2. The minimum Gasteiger partial charge on any atom is -0.379 e. The molecule has 1 heterocycles. The maximum Gasteiger partial charge on any atom is 0.309 e. The molecule has 1 aliphatic heterocycles. The van der Waals surface area contributed by atoms with E-state index in [9.17, 15) is 9.59 Å². The molecule has 0 aromatic heterocycles. The van der Waals surface area contributed by atoms with Crippen LogP contribution in [0, 0.1) is 0 Å². The second kappa shape index (κ2) is 25.8. The van der Waals surface area contributed by atoms with Crippen LogP contribution in [0.15, 0.2) is 0 Å². The van der Waals surface area contributed by atoms with Crippen LogP contribution in [0.25, 0.3) is 0 Å². The maximum atomic E-state index is 11.9. The molecule has 0 bridgehead atoms. The quantitative estimate of drug-likeness (QED) is 0.120. The van der Waals surface area contributed by atoms with Crippen LogP contribution in [0.5, 0.6) is 0 Å². The fourth-order valence-electron chi connectivity index (χ4n) is 4.52. The molecule has 212 valence electrons. The van der Waals surface area contributed by atoms with Crippen LogP contribution in [0.1, 0.15) is 116 Å². The topological polar surface area (TPSA) is 70.7 Å². The van der Waals surface area contributed by atoms with Crippen molar-refractivity contribution in [3.8, 4) is 0 Å². The van der Waals surface area contributed by atoms with Crippen molar-refractivity contribution >= 4 is 23.6 Å². The summed E-state index contributed by atoms with van der Waals surface area (Å²) in [6.07, 6.45) is 22.1. The number of unbranched alkanes of at least 4 members (excludes halogenated alkanes) is 14. The summed E-state index contributed by atoms with van der Waals surface area (Å²) in [5.41, 5.74) is 0. The van der Waals surface area contributed by atoms with Gasteiger partial charge in [0.05, 0.1) is 13.2 Å². The van der Waals surface area contributed by atoms with Gasteiger partial charge in [-0.25, -0.2) is 0 Å². The zero-order valence-electron chi connectivity index (χ0n) is 23.5. The lowest BCUT2D eigenvalue weighted by molar-refractivity contribution is -0.139. The minimum absolute atomic E-state index is 0.498. The number of hydrogen-bond donors (Lipinski definition) is 2. The number of carbonyl (C=O) groups is 2. The van der Waals surface area contributed by atoms with Crippen molar-refractivity contribution in [1.82, 2.24) is 15.5 Å². The third-order valence-corrected chi connectivity index (χ3v) is 8.04. The lowest BCUT2D eigenvalue weighted by Crippen LogP contribution is -2.42. The molecule has 36 heavy (non-hydrogen) atoms. The van der Waals surface area contributed by atoms with Gasteiger partial charge in [-0.2, -0.15) is 11.8 Å². The van der Waals surface area contributed by atoms with Crippen LogP contribution in [0.4, 0.5) is 0 Å². The molecule has 1 fully saturated rings. The van der Waals surface area contributed by atoms with Crippen LogP contribution < -0.4 is 10.6 Å². The van der Waals surface area contributed by atoms with Crippen LogP contribution in [-0.4, -0.2) is 74.2 Å². The van der Waals surface area contributed by atoms with Gasteiger partial charge >= 0.3 is 11.8 Å². The highest BCUT2D eigenvalue weighted by molar-refractivity contribution is 7.99. The number of thioether (sulfide) groups is 1. The van der Waals surface area contributed by atoms with Gasteiger partial charge in [0.15, 0.2) is 0 Å². The lowest BCUT2D eigenvalue weighted by atomic mass is 10.1. The van der Waals surface area contributed by atoms with E-state index in [1.165, 1.54) is 101 Å². The molecule has 2 amide bonds. The Morgan fingerprint density at radius 2 is 1.08 bits per heavy atom. The number of hydrogen-bond acceptors (Lipinski definition) is 5. The molecule has 1 saturated heterocycles. The zero-order valence-corrected chi connectivity index (χ0v) is 24.3. The first-order valence-corrected chi connectivity index (χ1v) is 16.3. The maximum absolute atomic E-state index is 11.9. The van der Waals surface area contributed by atoms with Crippen molar-refractivity contribution in [2.75, 3.05) is 57.4 Å². The molecule has 0 aromatic rings. The highest BCUT2D eigenvalue weighted by Crippen LogP contribution is 2.14. The van der Waals surface area contributed by atoms with E-state index in [2.05, 4.69) is 34.2 Å². The molecule has 6 nitrogen and oxygen atoms in total. The Morgan fingerprint density at radius 3 is 1.61 bits per heavy atom. The third kappa shape index (κ3) is 21.3. The summed E-state index contributed by atoms with van der Waals surface area (Å²) in [4.78, 5) is 26.1. The summed E-state index contributed by atoms with van der Waals surface area (Å²) >= 11 is 2.15. The van der Waals surface area contributed by atoms with Crippen LogP contribution in [0.3, 0.4) is 0 Å². The van der Waals surface area contributed by atoms with Gasteiger partial charge in [0.25, 0.3) is 0 Å². The monoisotopic (exact) mass is 527 g/mol. The summed E-state index contributed by atoms with van der Waals surface area (Å²) in [5, 5.41) is 5.47. The number of nitrogens with zero attached hydrogens (tertiary/aromatic N) is 1. The average molecular weight is 528 g/mol. The predicted octanol–water partition coefficient (Wildman–Crippen LogP) is 5.94. The molecular formula is C29H57N3O3S. The summed E-state index contributed by atoms with van der Waals surface area (Å²) < 4.78 is 5.33. The number of ether oxygens (including phenoxy) is 1. The second-order valence-electron chi connectivity index (χ2n) is 10.2. The summed E-state index contributed by atoms with van der Waals surface area (Å²) in [5.74, 6) is 1.68. The van der Waals surface area contributed by atoms with Crippen molar-refractivity contribution in [3.05, 3.63) is 0 Å². The van der Waals surface area contributed by atoms with Crippen molar-refractivity contribution in [2.45, 2.75) is 116 Å². The molecular weight excluding hydrogens is 470 g/mol. The predicted molar refractivity (Wildman–Crippen MR) is 155 cm³/mol. The largest absolute Gasteiger partial charge is 0.379 e. The second-order valence-corrected chi connectivity index (χ2v) is 11.5. The number of nitrogens with one attached hydrogen (secondary N) is 2. The standard InChI is InChI=1S/C29H57N3O3S/c1-2-3-4-5-6-10-13-16-26-36-27-17-14-11-8-7-9-12-15-19-30-28(33)29(34)31-20-18-21-32-22-24-35-25-23-32/h2-27H2,1H3,(H,30,33)(H,31,34). The van der Waals surface area contributed by atoms with Crippen molar-refractivity contribution in [2.24, 2.45) is 0 Å². The van der Waals surface area contributed by atoms with E-state index in [4.69, 9.17) is 4.74 Å². The van der Waals surface area contributed by atoms with Gasteiger partial charge in [-0.3, -0.25) is 14.5 Å². The number of carbonyl (C=O) groups excluding carboxylic acids is 2. The molecule has 0 radical (unpaired) electrons. The normalized spacial score (nSPS) is 14.1. The van der Waals surface area contributed by atoms with Gasteiger partial charge in [-0.15, -0.1) is 0 Å². The molecule has 1 aliphatic rings. The highest BCUT2D eigenvalue weighted by Gasteiger charge is 2.13. The summed E-state index contributed by atoms with van der Waals surface area (Å²) in [6, 6.07) is 0. The molecule has 0 spiro atoms. The number of rotatable bonds is 24. The summed E-state index contributed by atoms with van der Waals surface area (Å²) in [7, 11) is 0. The van der Waals surface area contributed by atoms with Gasteiger partial charge in [-0.1, -0.05) is 90.4 Å². The Labute approximate surface area is 226 Å². The molecule has 0 unspecified atom stereocenters. The minimum atomic E-state index is -0.507. The Hall–Kier alpha value is -0.790. The van der Waals surface area contributed by atoms with Crippen molar-refractivity contribution < 1.29 is 14.3 Å². The van der Waals surface area contributed by atoms with Gasteiger partial charge in [-0.05, 0) is 43.7 Å². The Balaban J connectivity index is 1.74. The molecule has 1 rings (SSSR count). The summed E-state index contributed by atoms with van der Waals surface area (Å²) in [6.45, 7) is 7.83. The van der Waals surface area contributed by atoms with Crippen molar-refractivity contribution in [3.63, 3.8) is 0 Å². The van der Waals surface area contributed by atoms with E-state index in [1.807, 2.05) is 0 Å². The Bertz CT molecular complexity index is 516. The Morgan fingerprint density at radius 1 is 0.639 bits per heavy atom. The molecule has 0 aliphatic carbocycles.